The molecule has 2 amide bonds. The van der Waals surface area contributed by atoms with Crippen LogP contribution in [-0.4, -0.2) is 59.9 Å². The number of nitrogens with zero attached hydrogens (tertiary/aromatic N) is 2. The molecule has 1 N–H and O–H groups in total. The van der Waals surface area contributed by atoms with E-state index in [4.69, 9.17) is 0 Å². The van der Waals surface area contributed by atoms with Crippen molar-refractivity contribution in [2.45, 2.75) is 44.2 Å². The number of benzene rings is 1. The number of likely N-dealkylation sites (tertiary alicyclic amines) is 2. The molecule has 5 nitrogen and oxygen atoms in total. The minimum absolute atomic E-state index is 0.0404. The Morgan fingerprint density at radius 3 is 2.38 bits per heavy atom. The van der Waals surface area contributed by atoms with E-state index in [1.54, 1.807) is 6.07 Å². The predicted molar refractivity (Wildman–Crippen MR) is 116 cm³/mol. The van der Waals surface area contributed by atoms with Gasteiger partial charge in [0, 0.05) is 25.6 Å². The zero-order valence-corrected chi connectivity index (χ0v) is 17.6. The van der Waals surface area contributed by atoms with Gasteiger partial charge in [0.1, 0.15) is 6.04 Å². The van der Waals surface area contributed by atoms with Gasteiger partial charge in [-0.1, -0.05) is 36.4 Å². The number of amides is 2. The molecule has 0 saturated carbocycles. The maximum Gasteiger partial charge on any atom is 0.262 e. The number of carbonyl (C=O) groups excluding carboxylic acids is 2. The fourth-order valence-corrected chi connectivity index (χ4v) is 5.09. The number of hydrogen-bond donors (Lipinski definition) is 1. The van der Waals surface area contributed by atoms with Crippen molar-refractivity contribution in [3.8, 4) is 0 Å². The van der Waals surface area contributed by atoms with Gasteiger partial charge < -0.3 is 15.1 Å². The average Bonchev–Trinajstić information content (AvgIpc) is 3.48. The van der Waals surface area contributed by atoms with Crippen LogP contribution in [0.3, 0.4) is 0 Å². The summed E-state index contributed by atoms with van der Waals surface area (Å²) in [6.07, 6.45) is 5.17. The third-order valence-corrected chi connectivity index (χ3v) is 6.93. The first kappa shape index (κ1) is 20.1. The highest BCUT2D eigenvalue weighted by molar-refractivity contribution is 7.12. The van der Waals surface area contributed by atoms with E-state index >= 15 is 0 Å². The van der Waals surface area contributed by atoms with Crippen LogP contribution < -0.4 is 5.32 Å². The SMILES string of the molecule is O=C(NC(Cc1ccccc1)C(=O)N1CCC(N2CCCC2)CC1)c1cccs1. The molecule has 1 aromatic carbocycles. The molecule has 1 unspecified atom stereocenters. The molecular weight excluding hydrogens is 382 g/mol. The molecule has 0 spiro atoms. The quantitative estimate of drug-likeness (QED) is 0.794. The number of carbonyl (C=O) groups is 2. The summed E-state index contributed by atoms with van der Waals surface area (Å²) in [5, 5.41) is 4.88. The first-order valence-electron chi connectivity index (χ1n) is 10.6. The van der Waals surface area contributed by atoms with Crippen molar-refractivity contribution in [1.82, 2.24) is 15.1 Å². The molecular formula is C23H29N3O2S. The predicted octanol–water partition coefficient (Wildman–Crippen LogP) is 3.18. The van der Waals surface area contributed by atoms with Gasteiger partial charge in [-0.3, -0.25) is 9.59 Å². The summed E-state index contributed by atoms with van der Waals surface area (Å²) in [5.74, 6) is -0.125. The van der Waals surface area contributed by atoms with Crippen LogP contribution in [0.1, 0.15) is 40.9 Å². The molecule has 2 fully saturated rings. The van der Waals surface area contributed by atoms with Gasteiger partial charge in [0.15, 0.2) is 0 Å². The Morgan fingerprint density at radius 1 is 1.00 bits per heavy atom. The summed E-state index contributed by atoms with van der Waals surface area (Å²) in [4.78, 5) is 31.2. The normalized spacial score (nSPS) is 19.2. The van der Waals surface area contributed by atoms with E-state index in [1.807, 2.05) is 46.7 Å². The maximum absolute atomic E-state index is 13.3. The number of piperidine rings is 1. The van der Waals surface area contributed by atoms with E-state index in [0.717, 1.165) is 31.5 Å². The summed E-state index contributed by atoms with van der Waals surface area (Å²) in [7, 11) is 0. The Hall–Kier alpha value is -2.18. The van der Waals surface area contributed by atoms with Crippen LogP contribution in [-0.2, 0) is 11.2 Å². The molecule has 6 heteroatoms. The van der Waals surface area contributed by atoms with Gasteiger partial charge in [-0.25, -0.2) is 0 Å². The van der Waals surface area contributed by atoms with Crippen molar-refractivity contribution < 1.29 is 9.59 Å². The average molecular weight is 412 g/mol. The van der Waals surface area contributed by atoms with Crippen LogP contribution in [0.25, 0.3) is 0 Å². The van der Waals surface area contributed by atoms with Gasteiger partial charge in [0.25, 0.3) is 5.91 Å². The van der Waals surface area contributed by atoms with Crippen molar-refractivity contribution in [3.63, 3.8) is 0 Å². The first-order chi connectivity index (χ1) is 14.2. The summed E-state index contributed by atoms with van der Waals surface area (Å²) < 4.78 is 0. The second-order valence-electron chi connectivity index (χ2n) is 7.99. The number of thiophene rings is 1. The van der Waals surface area contributed by atoms with Crippen LogP contribution in [0.4, 0.5) is 0 Å². The van der Waals surface area contributed by atoms with Crippen LogP contribution >= 0.6 is 11.3 Å². The monoisotopic (exact) mass is 411 g/mol. The van der Waals surface area contributed by atoms with E-state index < -0.39 is 6.04 Å². The third kappa shape index (κ3) is 5.06. The fraction of sp³-hybridized carbons (Fsp3) is 0.478. The smallest absolute Gasteiger partial charge is 0.262 e. The van der Waals surface area contributed by atoms with Gasteiger partial charge in [0.2, 0.25) is 5.91 Å². The van der Waals surface area contributed by atoms with Crippen molar-refractivity contribution in [2.24, 2.45) is 0 Å². The molecule has 154 valence electrons. The number of hydrogen-bond acceptors (Lipinski definition) is 4. The van der Waals surface area contributed by atoms with E-state index in [1.165, 1.54) is 37.3 Å². The van der Waals surface area contributed by atoms with Crippen LogP contribution in [0.15, 0.2) is 47.8 Å². The zero-order valence-electron chi connectivity index (χ0n) is 16.8. The second kappa shape index (κ2) is 9.55. The highest BCUT2D eigenvalue weighted by Gasteiger charge is 2.32. The van der Waals surface area contributed by atoms with E-state index in [0.29, 0.717) is 17.3 Å². The van der Waals surface area contributed by atoms with E-state index in [2.05, 4.69) is 10.2 Å². The molecule has 2 aliphatic heterocycles. The molecule has 0 aliphatic carbocycles. The lowest BCUT2D eigenvalue weighted by molar-refractivity contribution is -0.134. The lowest BCUT2D eigenvalue weighted by Crippen LogP contribution is -2.53. The van der Waals surface area contributed by atoms with Gasteiger partial charge >= 0.3 is 0 Å². The zero-order chi connectivity index (χ0) is 20.1. The lowest BCUT2D eigenvalue weighted by Gasteiger charge is -2.38. The summed E-state index contributed by atoms with van der Waals surface area (Å²) in [6, 6.07) is 13.7. The Labute approximate surface area is 176 Å². The Kier molecular flexibility index (Phi) is 6.62. The Morgan fingerprint density at radius 2 is 1.72 bits per heavy atom. The number of nitrogens with one attached hydrogen (secondary N) is 1. The van der Waals surface area contributed by atoms with Gasteiger partial charge in [-0.2, -0.15) is 0 Å². The molecule has 3 heterocycles. The maximum atomic E-state index is 13.3. The van der Waals surface area contributed by atoms with Crippen molar-refractivity contribution >= 4 is 23.2 Å². The van der Waals surface area contributed by atoms with Crippen LogP contribution in [0.2, 0.25) is 0 Å². The van der Waals surface area contributed by atoms with E-state index in [9.17, 15) is 9.59 Å². The largest absolute Gasteiger partial charge is 0.341 e. The minimum Gasteiger partial charge on any atom is -0.341 e. The molecule has 0 radical (unpaired) electrons. The highest BCUT2D eigenvalue weighted by Crippen LogP contribution is 2.22. The fourth-order valence-electron chi connectivity index (χ4n) is 4.47. The lowest BCUT2D eigenvalue weighted by atomic mass is 10.00. The molecule has 2 saturated heterocycles. The third-order valence-electron chi connectivity index (χ3n) is 6.06. The Bertz CT molecular complexity index is 795. The minimum atomic E-state index is -0.532. The van der Waals surface area contributed by atoms with Crippen molar-refractivity contribution in [3.05, 3.63) is 58.3 Å². The molecule has 0 bridgehead atoms. The van der Waals surface area contributed by atoms with Crippen molar-refractivity contribution in [1.29, 1.82) is 0 Å². The first-order valence-corrected chi connectivity index (χ1v) is 11.5. The summed E-state index contributed by atoms with van der Waals surface area (Å²) in [6.45, 7) is 3.96. The van der Waals surface area contributed by atoms with Gasteiger partial charge in [0.05, 0.1) is 4.88 Å². The molecule has 1 atom stereocenters. The second-order valence-corrected chi connectivity index (χ2v) is 8.94. The van der Waals surface area contributed by atoms with Gasteiger partial charge in [-0.05, 0) is 55.8 Å². The molecule has 2 aromatic rings. The van der Waals surface area contributed by atoms with E-state index in [-0.39, 0.29) is 11.8 Å². The topological polar surface area (TPSA) is 52.7 Å². The molecule has 29 heavy (non-hydrogen) atoms. The van der Waals surface area contributed by atoms with Crippen molar-refractivity contribution in [2.75, 3.05) is 26.2 Å². The summed E-state index contributed by atoms with van der Waals surface area (Å²) >= 11 is 1.40. The summed E-state index contributed by atoms with van der Waals surface area (Å²) in [5.41, 5.74) is 1.06. The molecule has 4 rings (SSSR count). The van der Waals surface area contributed by atoms with Crippen LogP contribution in [0.5, 0.6) is 0 Å². The number of rotatable bonds is 6. The molecule has 1 aromatic heterocycles. The Balaban J connectivity index is 1.42. The standard InChI is InChI=1S/C23H29N3O2S/c27-22(21-9-6-16-29-21)24-20(17-18-7-2-1-3-8-18)23(28)26-14-10-19(11-15-26)25-12-4-5-13-25/h1-3,6-9,16,19-20H,4-5,10-15,17H2,(H,24,27). The van der Waals surface area contributed by atoms with Gasteiger partial charge in [-0.15, -0.1) is 11.3 Å². The highest BCUT2D eigenvalue weighted by atomic mass is 32.1. The van der Waals surface area contributed by atoms with Crippen LogP contribution in [0, 0.1) is 0 Å². The molecule has 2 aliphatic rings.